The van der Waals surface area contributed by atoms with Crippen molar-refractivity contribution in [3.8, 4) is 0 Å². The molecule has 18 heteroatoms. The Bertz CT molecular complexity index is 1550. The molecule has 0 aromatic heterocycles. The zero-order valence-electron chi connectivity index (χ0n) is 20.9. The molecule has 42 heavy (non-hydrogen) atoms. The minimum Gasteiger partial charge on any atom is -0.270 e. The second kappa shape index (κ2) is 11.0. The van der Waals surface area contributed by atoms with Crippen molar-refractivity contribution in [2.45, 2.75) is 12.1 Å². The van der Waals surface area contributed by atoms with Gasteiger partial charge in [-0.1, -0.05) is 0 Å². The van der Waals surface area contributed by atoms with Gasteiger partial charge in [-0.2, -0.15) is 20.5 Å². The van der Waals surface area contributed by atoms with Gasteiger partial charge in [-0.15, -0.1) is 0 Å². The highest BCUT2D eigenvalue weighted by atomic mass is 16.6. The lowest BCUT2D eigenvalue weighted by atomic mass is 10.2. The van der Waals surface area contributed by atoms with Crippen LogP contribution < -0.4 is 20.9 Å². The van der Waals surface area contributed by atoms with E-state index in [0.717, 1.165) is 10.0 Å². The van der Waals surface area contributed by atoms with Crippen molar-refractivity contribution in [2.24, 2.45) is 20.5 Å². The lowest BCUT2D eigenvalue weighted by molar-refractivity contribution is -0.385. The van der Waals surface area contributed by atoms with Crippen LogP contribution in [-0.2, 0) is 19.2 Å². The van der Waals surface area contributed by atoms with Crippen LogP contribution in [0.4, 0.5) is 34.1 Å². The maximum Gasteiger partial charge on any atom is 0.282 e. The lowest BCUT2D eigenvalue weighted by Crippen LogP contribution is -2.35. The van der Waals surface area contributed by atoms with E-state index in [2.05, 4.69) is 31.3 Å². The summed E-state index contributed by atoms with van der Waals surface area (Å²) in [7, 11) is 0. The number of carbonyl (C=O) groups is 4. The Morgan fingerprint density at radius 3 is 1.21 bits per heavy atom. The first kappa shape index (κ1) is 27.1. The molecule has 2 aliphatic rings. The number of carbonyl (C=O) groups excluding carboxylic acids is 4. The number of non-ortho nitro benzene ring substituents is 2. The molecule has 2 heterocycles. The van der Waals surface area contributed by atoms with Crippen LogP contribution in [0.15, 0.2) is 93.3 Å². The van der Waals surface area contributed by atoms with Crippen molar-refractivity contribution in [1.29, 1.82) is 0 Å². The molecule has 2 atom stereocenters. The number of anilines is 2. The first-order valence-corrected chi connectivity index (χ1v) is 11.8. The monoisotopic (exact) mass is 572 g/mol. The summed E-state index contributed by atoms with van der Waals surface area (Å²) >= 11 is 0. The Kier molecular flexibility index (Phi) is 7.08. The van der Waals surface area contributed by atoms with Crippen molar-refractivity contribution in [3.05, 3.63) is 93.0 Å². The number of amides is 4. The van der Waals surface area contributed by atoms with Gasteiger partial charge in [0.15, 0.2) is 0 Å². The maximum absolute atomic E-state index is 12.7. The third kappa shape index (κ3) is 5.34. The van der Waals surface area contributed by atoms with Gasteiger partial charge in [-0.05, 0) is 48.5 Å². The molecular weight excluding hydrogens is 556 g/mol. The first-order valence-electron chi connectivity index (χ1n) is 11.8. The fourth-order valence-corrected chi connectivity index (χ4v) is 3.79. The SMILES string of the molecule is O=C1NN(c2ccc([N+](=O)[O-])cc2)C(=O)C1N=Nc1ccc(N=NC2C(=O)NN(c3ccc([N+](=O)[O-])cc3)C2=O)cc1. The number of nitrogens with one attached hydrogen (secondary N) is 2. The Labute approximate surface area is 233 Å². The van der Waals surface area contributed by atoms with Crippen molar-refractivity contribution in [1.82, 2.24) is 10.9 Å². The summed E-state index contributed by atoms with van der Waals surface area (Å²) in [4.78, 5) is 70.4. The molecule has 0 aliphatic carbocycles. The Balaban J connectivity index is 1.21. The molecule has 3 aromatic rings. The van der Waals surface area contributed by atoms with E-state index in [-0.39, 0.29) is 34.1 Å². The van der Waals surface area contributed by atoms with E-state index in [4.69, 9.17) is 0 Å². The van der Waals surface area contributed by atoms with Gasteiger partial charge in [-0.25, -0.2) is 10.0 Å². The molecule has 0 saturated carbocycles. The lowest BCUT2D eigenvalue weighted by Gasteiger charge is -2.14. The number of hydrazine groups is 2. The highest BCUT2D eigenvalue weighted by molar-refractivity contribution is 6.18. The molecule has 210 valence electrons. The minimum atomic E-state index is -1.48. The molecule has 0 bridgehead atoms. The molecule has 0 spiro atoms. The predicted octanol–water partition coefficient (Wildman–Crippen LogP) is 2.56. The number of hydrogen-bond donors (Lipinski definition) is 2. The molecule has 2 aliphatic heterocycles. The number of benzene rings is 3. The minimum absolute atomic E-state index is 0.182. The number of nitro groups is 2. The van der Waals surface area contributed by atoms with Crippen LogP contribution >= 0.6 is 0 Å². The van der Waals surface area contributed by atoms with Crippen LogP contribution in [0.25, 0.3) is 0 Å². The van der Waals surface area contributed by atoms with Crippen LogP contribution in [-0.4, -0.2) is 45.6 Å². The van der Waals surface area contributed by atoms with Gasteiger partial charge in [0.05, 0.1) is 32.6 Å². The summed E-state index contributed by atoms with van der Waals surface area (Å²) in [5, 5.41) is 38.9. The number of rotatable bonds is 8. The van der Waals surface area contributed by atoms with Gasteiger partial charge in [0.25, 0.3) is 35.0 Å². The Morgan fingerprint density at radius 1 is 0.571 bits per heavy atom. The number of azo groups is 2. The molecule has 2 fully saturated rings. The van der Waals surface area contributed by atoms with Crippen LogP contribution in [0, 0.1) is 20.2 Å². The van der Waals surface area contributed by atoms with E-state index in [1.807, 2.05) is 0 Å². The third-order valence-electron chi connectivity index (χ3n) is 5.91. The van der Waals surface area contributed by atoms with E-state index in [0.29, 0.717) is 0 Å². The van der Waals surface area contributed by atoms with Gasteiger partial charge in [0.1, 0.15) is 0 Å². The predicted molar refractivity (Wildman–Crippen MR) is 141 cm³/mol. The van der Waals surface area contributed by atoms with Crippen molar-refractivity contribution in [2.75, 3.05) is 10.0 Å². The molecule has 18 nitrogen and oxygen atoms in total. The molecule has 4 amide bonds. The normalized spacial score (nSPS) is 18.7. The molecule has 2 N–H and O–H groups in total. The summed E-state index contributed by atoms with van der Waals surface area (Å²) in [6, 6.07) is 12.8. The Morgan fingerprint density at radius 2 is 0.905 bits per heavy atom. The Hall–Kier alpha value is -6.46. The van der Waals surface area contributed by atoms with Crippen LogP contribution in [0.2, 0.25) is 0 Å². The largest absolute Gasteiger partial charge is 0.282 e. The fourth-order valence-electron chi connectivity index (χ4n) is 3.79. The number of hydrogen-bond acceptors (Lipinski definition) is 12. The van der Waals surface area contributed by atoms with Gasteiger partial charge >= 0.3 is 0 Å². The fraction of sp³-hybridized carbons (Fsp3) is 0.0833. The van der Waals surface area contributed by atoms with E-state index in [1.165, 1.54) is 72.8 Å². The zero-order chi connectivity index (χ0) is 30.0. The van der Waals surface area contributed by atoms with E-state index >= 15 is 0 Å². The molecule has 2 unspecified atom stereocenters. The van der Waals surface area contributed by atoms with Gasteiger partial charge in [0, 0.05) is 24.3 Å². The smallest absolute Gasteiger partial charge is 0.270 e. The van der Waals surface area contributed by atoms with E-state index in [1.54, 1.807) is 0 Å². The summed E-state index contributed by atoms with van der Waals surface area (Å²) in [5.41, 5.74) is 5.23. The van der Waals surface area contributed by atoms with Crippen molar-refractivity contribution in [3.63, 3.8) is 0 Å². The van der Waals surface area contributed by atoms with E-state index < -0.39 is 45.6 Å². The second-order valence-electron chi connectivity index (χ2n) is 8.60. The highest BCUT2D eigenvalue weighted by Crippen LogP contribution is 2.25. The summed E-state index contributed by atoms with van der Waals surface area (Å²) in [6.45, 7) is 0. The van der Waals surface area contributed by atoms with E-state index in [9.17, 15) is 39.4 Å². The molecule has 0 radical (unpaired) electrons. The summed E-state index contributed by atoms with van der Waals surface area (Å²) in [5.74, 6) is -2.94. The number of nitro benzene ring substituents is 2. The van der Waals surface area contributed by atoms with Gasteiger partial charge < -0.3 is 0 Å². The van der Waals surface area contributed by atoms with Crippen LogP contribution in [0.3, 0.4) is 0 Å². The molecule has 5 rings (SSSR count). The average Bonchev–Trinajstić information content (AvgIpc) is 3.44. The summed E-state index contributed by atoms with van der Waals surface area (Å²) in [6.07, 6.45) is 0. The van der Waals surface area contributed by atoms with Gasteiger partial charge in [0.2, 0.25) is 12.1 Å². The second-order valence-corrected chi connectivity index (χ2v) is 8.60. The molecule has 2 saturated heterocycles. The van der Waals surface area contributed by atoms with Crippen LogP contribution in [0.1, 0.15) is 0 Å². The average molecular weight is 572 g/mol. The third-order valence-corrected chi connectivity index (χ3v) is 5.91. The highest BCUT2D eigenvalue weighted by Gasteiger charge is 2.41. The van der Waals surface area contributed by atoms with Crippen molar-refractivity contribution >= 4 is 57.8 Å². The first-order chi connectivity index (χ1) is 20.1. The molecule has 3 aromatic carbocycles. The summed E-state index contributed by atoms with van der Waals surface area (Å²) < 4.78 is 0. The van der Waals surface area contributed by atoms with Crippen LogP contribution in [0.5, 0.6) is 0 Å². The zero-order valence-corrected chi connectivity index (χ0v) is 20.9. The maximum atomic E-state index is 12.7. The quantitative estimate of drug-likeness (QED) is 0.176. The van der Waals surface area contributed by atoms with Gasteiger partial charge in [-0.3, -0.25) is 50.3 Å². The standard InChI is InChI=1S/C24H16N10O8/c35-21-19(23(37)31(29-21)15-5-9-17(10-6-15)33(39)40)27-25-13-1-2-14(4-3-13)26-28-20-22(36)30-32(24(20)38)16-7-11-18(12-8-16)34(41)42/h1-12,19-20H,(H,29,35)(H,30,36). The topological polar surface area (TPSA) is 235 Å². The molecular formula is C24H16N10O8. The number of nitrogens with zero attached hydrogens (tertiary/aromatic N) is 8. The van der Waals surface area contributed by atoms with Crippen molar-refractivity contribution < 1.29 is 29.0 Å².